The lowest BCUT2D eigenvalue weighted by atomic mass is 9.98. The summed E-state index contributed by atoms with van der Waals surface area (Å²) in [6, 6.07) is 17.5. The number of nitrogens with two attached hydrogens (primary N) is 2. The highest BCUT2D eigenvalue weighted by Crippen LogP contribution is 2.34. The van der Waals surface area contributed by atoms with Gasteiger partial charge < -0.3 is 98.0 Å². The van der Waals surface area contributed by atoms with Crippen LogP contribution in [0.2, 0.25) is 0 Å². The van der Waals surface area contributed by atoms with Crippen molar-refractivity contribution in [1.29, 1.82) is 0 Å². The summed E-state index contributed by atoms with van der Waals surface area (Å²) in [5, 5.41) is 102. The van der Waals surface area contributed by atoms with Gasteiger partial charge >= 0.3 is 0 Å². The van der Waals surface area contributed by atoms with Crippen molar-refractivity contribution in [2.45, 2.75) is 144 Å². The maximum absolute atomic E-state index is 14.8. The van der Waals surface area contributed by atoms with E-state index in [2.05, 4.69) is 65.9 Å². The topological polar surface area (TPSA) is 427 Å². The number of hydrogen-bond donors (Lipinski definition) is 14. The molecule has 5 aromatic rings. The van der Waals surface area contributed by atoms with E-state index in [9.17, 15) is 69.3 Å². The number of phenolic OH excluding ortho intramolecular Hbond substituents is 1. The zero-order chi connectivity index (χ0) is 67.3. The molecule has 4 aromatic carbocycles. The van der Waals surface area contributed by atoms with Crippen molar-refractivity contribution in [3.05, 3.63) is 114 Å². The second-order valence-electron chi connectivity index (χ2n) is 24.4. The van der Waals surface area contributed by atoms with Crippen LogP contribution in [0.5, 0.6) is 11.5 Å². The van der Waals surface area contributed by atoms with Crippen LogP contribution >= 0.6 is 11.3 Å². The molecular weight excluding hydrogens is 1240 g/mol. The van der Waals surface area contributed by atoms with E-state index in [1.165, 1.54) is 48.6 Å². The summed E-state index contributed by atoms with van der Waals surface area (Å²) in [4.78, 5) is 106. The van der Waals surface area contributed by atoms with Crippen LogP contribution < -0.4 is 47.7 Å². The molecular formula is C65H84N12O16S. The van der Waals surface area contributed by atoms with Crippen LogP contribution in [0.25, 0.3) is 21.1 Å². The Balaban J connectivity index is 0.941. The Morgan fingerprint density at radius 1 is 0.723 bits per heavy atom. The van der Waals surface area contributed by atoms with E-state index in [0.717, 1.165) is 59.5 Å². The summed E-state index contributed by atoms with van der Waals surface area (Å²) in [7, 11) is 0. The normalized spacial score (nSPS) is 25.6. The fraction of sp³-hybridized carbons (Fsp3) is 0.492. The Morgan fingerprint density at radius 2 is 1.37 bits per heavy atom. The predicted molar refractivity (Wildman–Crippen MR) is 343 cm³/mol. The molecule has 16 N–H and O–H groups in total. The molecule has 0 spiro atoms. The molecule has 29 heteroatoms. The standard InChI is InChI=1S/C65H84N12O16S/c1-35-32-77-55(56(35)84)61(89)68-31-43(79)29-46(69-57(85)39-10-12-40(13-11-39)62-73-74-63(94-62)41-14-16-42(17-15-41)75-24-20-45(21-25-75)93-34-37-7-4-3-5-8-37)58(86)70-52(36(2)78)64(90)76-33-44(80)30-47(76)59(87)71-53(60(88)72-54(65(77)91)49(82)19-23-67)50(83)27-38-9-18-48(81)51(28-38)92-26-6-22-66/h3-5,7-18,28,35-36,43-47,49-50,52-56,78-84H,6,19-27,29-34,66-67H2,1-2H3,(H,68,89)(H,69,85)(H,70,86)(H,71,87)(H,72,88)/t35-,36+,43+,44+,46?,47-,49+,50+,52-,53-,54-,55-,56-/m0/s1. The number of ether oxygens (including phenoxy) is 2. The molecule has 4 fully saturated rings. The second-order valence-corrected chi connectivity index (χ2v) is 25.4. The van der Waals surface area contributed by atoms with Crippen molar-refractivity contribution in [1.82, 2.24) is 46.6 Å². The van der Waals surface area contributed by atoms with E-state index in [-0.39, 0.29) is 61.4 Å². The molecule has 0 radical (unpaired) electrons. The van der Waals surface area contributed by atoms with Crippen molar-refractivity contribution in [2.75, 3.05) is 57.3 Å². The number of aromatic nitrogens is 2. The number of amides is 7. The van der Waals surface area contributed by atoms with Gasteiger partial charge in [0, 0.05) is 80.3 Å². The number of carbonyl (C=O) groups excluding carboxylic acids is 7. The number of hydrogen-bond acceptors (Lipinski definition) is 22. The molecule has 0 saturated carbocycles. The molecule has 1 unspecified atom stereocenters. The van der Waals surface area contributed by atoms with E-state index >= 15 is 0 Å². The zero-order valence-corrected chi connectivity index (χ0v) is 53.1. The molecule has 28 nitrogen and oxygen atoms in total. The van der Waals surface area contributed by atoms with Gasteiger partial charge in [0.15, 0.2) is 11.5 Å². The molecule has 13 atom stereocenters. The lowest BCUT2D eigenvalue weighted by Gasteiger charge is -2.34. The molecule has 506 valence electrons. The average Bonchev–Trinajstić information content (AvgIpc) is 1.63. The predicted octanol–water partition coefficient (Wildman–Crippen LogP) is -1.21. The van der Waals surface area contributed by atoms with Crippen LogP contribution in [0.3, 0.4) is 0 Å². The van der Waals surface area contributed by atoms with Crippen molar-refractivity contribution < 1.29 is 78.8 Å². The number of benzene rings is 4. The number of aliphatic hydroxyl groups excluding tert-OH is 6. The Hall–Kier alpha value is -8.23. The van der Waals surface area contributed by atoms with Crippen LogP contribution in [-0.2, 0) is 46.5 Å². The Labute approximate surface area is 547 Å². The smallest absolute Gasteiger partial charge is 0.251 e. The van der Waals surface area contributed by atoms with Gasteiger partial charge in [-0.05, 0) is 105 Å². The molecule has 4 aliphatic rings. The van der Waals surface area contributed by atoms with Crippen LogP contribution in [0, 0.1) is 5.92 Å². The number of anilines is 1. The summed E-state index contributed by atoms with van der Waals surface area (Å²) >= 11 is 1.33. The minimum Gasteiger partial charge on any atom is -0.504 e. The number of carbonyl (C=O) groups is 7. The van der Waals surface area contributed by atoms with Gasteiger partial charge in [-0.15, -0.1) is 10.2 Å². The summed E-state index contributed by atoms with van der Waals surface area (Å²) in [5.41, 5.74) is 15.4. The lowest BCUT2D eigenvalue weighted by molar-refractivity contribution is -0.147. The Kier molecular flexibility index (Phi) is 24.1. The molecule has 1 aromatic heterocycles. The van der Waals surface area contributed by atoms with Crippen LogP contribution in [0.1, 0.15) is 73.9 Å². The van der Waals surface area contributed by atoms with Gasteiger partial charge in [0.05, 0.1) is 55.9 Å². The molecule has 4 aliphatic heterocycles. The van der Waals surface area contributed by atoms with E-state index < -0.39 is 152 Å². The van der Waals surface area contributed by atoms with E-state index in [1.54, 1.807) is 12.1 Å². The van der Waals surface area contributed by atoms with Gasteiger partial charge in [0.25, 0.3) is 5.91 Å². The first-order valence-electron chi connectivity index (χ1n) is 31.6. The molecule has 0 aliphatic carbocycles. The van der Waals surface area contributed by atoms with Gasteiger partial charge in [-0.3, -0.25) is 33.6 Å². The summed E-state index contributed by atoms with van der Waals surface area (Å²) < 4.78 is 11.8. The minimum atomic E-state index is -2.04. The van der Waals surface area contributed by atoms with E-state index in [0.29, 0.717) is 28.6 Å². The number of nitrogens with one attached hydrogen (secondary N) is 5. The summed E-state index contributed by atoms with van der Waals surface area (Å²) in [6.07, 6.45) is -9.43. The van der Waals surface area contributed by atoms with Crippen molar-refractivity contribution in [3.8, 4) is 32.6 Å². The Bertz CT molecular complexity index is 3420. The number of phenols is 1. The van der Waals surface area contributed by atoms with E-state index in [1.807, 2.05) is 30.3 Å². The number of nitrogens with zero attached hydrogens (tertiary/aromatic N) is 5. The fourth-order valence-corrected chi connectivity index (χ4v) is 12.9. The largest absolute Gasteiger partial charge is 0.504 e. The first-order chi connectivity index (χ1) is 45.1. The van der Waals surface area contributed by atoms with Crippen molar-refractivity contribution >= 4 is 58.4 Å². The molecule has 5 heterocycles. The first-order valence-corrected chi connectivity index (χ1v) is 32.4. The number of β-amino-alcohol motifs (C(OH)–C–C–N with tert-alkyl or cyclic N) is 1. The highest BCUT2D eigenvalue weighted by molar-refractivity contribution is 7.17. The third-order valence-corrected chi connectivity index (χ3v) is 18.4. The van der Waals surface area contributed by atoms with Crippen molar-refractivity contribution in [2.24, 2.45) is 17.4 Å². The average molecular weight is 1320 g/mol. The van der Waals surface area contributed by atoms with Gasteiger partial charge in [-0.2, -0.15) is 0 Å². The van der Waals surface area contributed by atoms with E-state index in [4.69, 9.17) is 20.9 Å². The highest BCUT2D eigenvalue weighted by Gasteiger charge is 2.50. The molecule has 94 heavy (non-hydrogen) atoms. The third-order valence-electron chi connectivity index (χ3n) is 17.4. The molecule has 7 amide bonds. The van der Waals surface area contributed by atoms with Gasteiger partial charge in [-0.25, -0.2) is 0 Å². The summed E-state index contributed by atoms with van der Waals surface area (Å²) in [5.74, 6) is -8.58. The molecule has 4 saturated heterocycles. The number of aromatic hydroxyl groups is 1. The van der Waals surface area contributed by atoms with Crippen LogP contribution in [-0.4, -0.2) is 228 Å². The van der Waals surface area contributed by atoms with Crippen molar-refractivity contribution in [3.63, 3.8) is 0 Å². The number of fused-ring (bicyclic) bond motifs is 2. The highest BCUT2D eigenvalue weighted by atomic mass is 32.1. The quantitative estimate of drug-likeness (QED) is 0.0431. The number of piperidine rings is 1. The maximum atomic E-state index is 14.8. The lowest BCUT2D eigenvalue weighted by Crippen LogP contribution is -2.64. The first kappa shape index (κ1) is 70.1. The fourth-order valence-electron chi connectivity index (χ4n) is 12.0. The zero-order valence-electron chi connectivity index (χ0n) is 52.2. The van der Waals surface area contributed by atoms with Crippen LogP contribution in [0.4, 0.5) is 5.69 Å². The SMILES string of the molecule is C[C@@H](O)[C@@H]1NC(=O)C(NC(=O)c2ccc(-c3nnc(-c4ccc(N5CCC(OCc6ccccc6)CC5)cc4)s3)cc2)C[C@@H](O)CNC(=O)[C@@H]2[C@@H](O)[C@@H](C)CN2C(=O)[C@H]([C@H](O)CCN)NC(=O)[C@H]([C@H](O)Cc2ccc(O)c(OCCCN)c2)NC(=O)[C@@H]2C[C@@H](O)CN2C1=O. The monoisotopic (exact) mass is 1320 g/mol. The second kappa shape index (κ2) is 32.3. The Morgan fingerprint density at radius 3 is 2.03 bits per heavy atom. The maximum Gasteiger partial charge on any atom is 0.251 e. The molecule has 0 bridgehead atoms. The van der Waals surface area contributed by atoms with Gasteiger partial charge in [0.1, 0.15) is 46.3 Å². The summed E-state index contributed by atoms with van der Waals surface area (Å²) in [6.45, 7) is 3.69. The van der Waals surface area contributed by atoms with Gasteiger partial charge in [0.2, 0.25) is 35.4 Å². The third kappa shape index (κ3) is 17.4. The molecule has 9 rings (SSSR count). The minimum absolute atomic E-state index is 0.00362. The van der Waals surface area contributed by atoms with Gasteiger partial charge in [-0.1, -0.05) is 66.8 Å². The van der Waals surface area contributed by atoms with Crippen LogP contribution in [0.15, 0.2) is 97.1 Å². The number of aliphatic hydroxyl groups is 6. The number of rotatable bonds is 19.